The fourth-order valence-electron chi connectivity index (χ4n) is 4.59. The molecule has 4 rings (SSSR count). The van der Waals surface area contributed by atoms with E-state index in [4.69, 9.17) is 10.5 Å². The van der Waals surface area contributed by atoms with Crippen molar-refractivity contribution in [1.82, 2.24) is 14.9 Å². The predicted molar refractivity (Wildman–Crippen MR) is 133 cm³/mol. The Kier molecular flexibility index (Phi) is 8.19. The highest BCUT2D eigenvalue weighted by Crippen LogP contribution is 2.33. The van der Waals surface area contributed by atoms with Gasteiger partial charge in [0.05, 0.1) is 18.5 Å². The number of nitrogens with two attached hydrogens (primary N) is 1. The maximum atomic E-state index is 12.0. The molecule has 0 aliphatic carbocycles. The molecule has 0 radical (unpaired) electrons. The number of thioether (sulfide) groups is 1. The molecule has 33 heavy (non-hydrogen) atoms. The summed E-state index contributed by atoms with van der Waals surface area (Å²) in [6, 6.07) is 7.59. The minimum Gasteiger partial charge on any atom is -0.497 e. The highest BCUT2D eigenvalue weighted by atomic mass is 32.2. The zero-order valence-corrected chi connectivity index (χ0v) is 20.4. The van der Waals surface area contributed by atoms with Gasteiger partial charge in [-0.05, 0) is 61.6 Å². The van der Waals surface area contributed by atoms with Crippen molar-refractivity contribution < 1.29 is 14.6 Å². The molecule has 1 saturated heterocycles. The summed E-state index contributed by atoms with van der Waals surface area (Å²) >= 11 is 3.38. The Hall–Kier alpha value is -2.20. The largest absolute Gasteiger partial charge is 0.497 e. The van der Waals surface area contributed by atoms with Crippen molar-refractivity contribution in [2.75, 3.05) is 32.5 Å². The van der Waals surface area contributed by atoms with Crippen LogP contribution in [0.3, 0.4) is 0 Å². The standard InChI is InChI=1S/C24H30N4O3S2/c1-31-17-3-5-22-19(14-17)18(6-8-26-22)21(25)4-2-16-7-10-28(15-20(16)23(29)30)11-13-33-24-27-9-12-32-24/h3,5-6,8-9,12,14,16,20-21H,2,4,7,10-11,13,15,25H2,1H3,(H,29,30)/t16-,20+,21+/m1/s1. The number of aliphatic carboxylic acids is 1. The van der Waals surface area contributed by atoms with Gasteiger partial charge in [-0.2, -0.15) is 0 Å². The zero-order valence-electron chi connectivity index (χ0n) is 18.7. The summed E-state index contributed by atoms with van der Waals surface area (Å²) in [4.78, 5) is 23.0. The number of ether oxygens (including phenoxy) is 1. The molecule has 1 aliphatic rings. The first-order chi connectivity index (χ1) is 16.0. The van der Waals surface area contributed by atoms with Gasteiger partial charge in [-0.25, -0.2) is 4.98 Å². The monoisotopic (exact) mass is 486 g/mol. The van der Waals surface area contributed by atoms with Gasteiger partial charge in [0.2, 0.25) is 0 Å². The average Bonchev–Trinajstić information content (AvgIpc) is 3.35. The molecule has 1 aliphatic heterocycles. The van der Waals surface area contributed by atoms with E-state index >= 15 is 0 Å². The van der Waals surface area contributed by atoms with E-state index in [2.05, 4.69) is 14.9 Å². The van der Waals surface area contributed by atoms with Crippen LogP contribution >= 0.6 is 23.1 Å². The summed E-state index contributed by atoms with van der Waals surface area (Å²) in [6.07, 6.45) is 6.02. The predicted octanol–water partition coefficient (Wildman–Crippen LogP) is 4.29. The molecule has 0 amide bonds. The lowest BCUT2D eigenvalue weighted by Gasteiger charge is -2.37. The molecule has 0 spiro atoms. The third-order valence-corrected chi connectivity index (χ3v) is 8.38. The Morgan fingerprint density at radius 2 is 2.24 bits per heavy atom. The van der Waals surface area contributed by atoms with Crippen molar-refractivity contribution >= 4 is 40.0 Å². The lowest BCUT2D eigenvalue weighted by molar-refractivity contribution is -0.146. The lowest BCUT2D eigenvalue weighted by atomic mass is 9.81. The van der Waals surface area contributed by atoms with Crippen LogP contribution in [0.4, 0.5) is 0 Å². The van der Waals surface area contributed by atoms with Crippen LogP contribution in [0, 0.1) is 11.8 Å². The van der Waals surface area contributed by atoms with Crippen LogP contribution < -0.4 is 10.5 Å². The fourth-order valence-corrected chi connectivity index (χ4v) is 6.29. The van der Waals surface area contributed by atoms with E-state index in [0.29, 0.717) is 6.54 Å². The van der Waals surface area contributed by atoms with Gasteiger partial charge < -0.3 is 20.5 Å². The number of methoxy groups -OCH3 is 1. The number of fused-ring (bicyclic) bond motifs is 1. The highest BCUT2D eigenvalue weighted by molar-refractivity contribution is 8.01. The number of likely N-dealkylation sites (tertiary alicyclic amines) is 1. The topological polar surface area (TPSA) is 102 Å². The summed E-state index contributed by atoms with van der Waals surface area (Å²) in [5.74, 6) is 0.776. The van der Waals surface area contributed by atoms with Crippen molar-refractivity contribution in [2.45, 2.75) is 29.6 Å². The number of rotatable bonds is 10. The van der Waals surface area contributed by atoms with E-state index in [1.54, 1.807) is 36.4 Å². The number of aromatic nitrogens is 2. The zero-order chi connectivity index (χ0) is 23.2. The van der Waals surface area contributed by atoms with Crippen LogP contribution in [0.2, 0.25) is 0 Å². The Morgan fingerprint density at radius 1 is 1.36 bits per heavy atom. The maximum Gasteiger partial charge on any atom is 0.308 e. The lowest BCUT2D eigenvalue weighted by Crippen LogP contribution is -2.44. The molecular weight excluding hydrogens is 456 g/mol. The maximum absolute atomic E-state index is 12.0. The molecule has 7 nitrogen and oxygen atoms in total. The summed E-state index contributed by atoms with van der Waals surface area (Å²) < 4.78 is 6.43. The third-order valence-electron chi connectivity index (χ3n) is 6.43. The summed E-state index contributed by atoms with van der Waals surface area (Å²) in [6.45, 7) is 2.41. The summed E-state index contributed by atoms with van der Waals surface area (Å²) in [5, 5.41) is 12.9. The molecule has 9 heteroatoms. The van der Waals surface area contributed by atoms with E-state index in [9.17, 15) is 9.90 Å². The first kappa shape index (κ1) is 23.9. The van der Waals surface area contributed by atoms with Crippen LogP contribution in [-0.4, -0.2) is 58.4 Å². The molecule has 176 valence electrons. The number of nitrogens with zero attached hydrogens (tertiary/aromatic N) is 3. The number of benzene rings is 1. The molecule has 1 fully saturated rings. The second-order valence-electron chi connectivity index (χ2n) is 8.41. The van der Waals surface area contributed by atoms with Gasteiger partial charge in [0.15, 0.2) is 0 Å². The summed E-state index contributed by atoms with van der Waals surface area (Å²) in [7, 11) is 1.65. The average molecular weight is 487 g/mol. The molecule has 3 aromatic rings. The number of pyridine rings is 1. The molecule has 3 N–H and O–H groups in total. The molecule has 0 saturated carbocycles. The second kappa shape index (κ2) is 11.3. The first-order valence-corrected chi connectivity index (χ1v) is 13.1. The molecular formula is C24H30N4O3S2. The number of piperidine rings is 1. The van der Waals surface area contributed by atoms with Gasteiger partial charge in [0.1, 0.15) is 10.1 Å². The number of carboxylic acids is 1. The molecule has 0 unspecified atom stereocenters. The minimum atomic E-state index is -0.704. The molecule has 3 atom stereocenters. The van der Waals surface area contributed by atoms with Crippen molar-refractivity contribution in [3.63, 3.8) is 0 Å². The Labute approximate surface area is 202 Å². The number of hydrogen-bond acceptors (Lipinski definition) is 8. The van der Waals surface area contributed by atoms with Gasteiger partial charge in [0.25, 0.3) is 0 Å². The van der Waals surface area contributed by atoms with Gasteiger partial charge >= 0.3 is 5.97 Å². The molecule has 0 bridgehead atoms. The SMILES string of the molecule is COc1ccc2nccc([C@@H](N)CC[C@@H]3CCN(CCSc4nccs4)C[C@@H]3C(=O)O)c2c1. The van der Waals surface area contributed by atoms with Crippen LogP contribution in [0.5, 0.6) is 5.75 Å². The number of carboxylic acid groups (broad SMARTS) is 1. The van der Waals surface area contributed by atoms with Gasteiger partial charge in [-0.1, -0.05) is 11.8 Å². The van der Waals surface area contributed by atoms with Crippen LogP contribution in [-0.2, 0) is 4.79 Å². The molecule has 1 aromatic carbocycles. The van der Waals surface area contributed by atoms with E-state index < -0.39 is 5.97 Å². The normalized spacial score (nSPS) is 20.1. The highest BCUT2D eigenvalue weighted by Gasteiger charge is 2.34. The van der Waals surface area contributed by atoms with E-state index in [-0.39, 0.29) is 17.9 Å². The van der Waals surface area contributed by atoms with Crippen molar-refractivity contribution in [2.24, 2.45) is 17.6 Å². The number of thiazole rings is 1. The fraction of sp³-hybridized carbons (Fsp3) is 0.458. The van der Waals surface area contributed by atoms with E-state index in [1.165, 1.54) is 0 Å². The Balaban J connectivity index is 1.34. The van der Waals surface area contributed by atoms with E-state index in [0.717, 1.165) is 64.7 Å². The molecule has 2 aromatic heterocycles. The van der Waals surface area contributed by atoms with Gasteiger partial charge in [-0.3, -0.25) is 9.78 Å². The first-order valence-electron chi connectivity index (χ1n) is 11.2. The second-order valence-corrected chi connectivity index (χ2v) is 10.6. The summed E-state index contributed by atoms with van der Waals surface area (Å²) in [5.41, 5.74) is 8.51. The smallest absolute Gasteiger partial charge is 0.308 e. The van der Waals surface area contributed by atoms with Crippen LogP contribution in [0.25, 0.3) is 10.9 Å². The van der Waals surface area contributed by atoms with Crippen LogP contribution in [0.15, 0.2) is 46.4 Å². The van der Waals surface area contributed by atoms with Crippen molar-refractivity contribution in [3.05, 3.63) is 47.6 Å². The third kappa shape index (κ3) is 6.03. The van der Waals surface area contributed by atoms with Crippen molar-refractivity contribution in [1.29, 1.82) is 0 Å². The van der Waals surface area contributed by atoms with Gasteiger partial charge in [-0.15, -0.1) is 11.3 Å². The Morgan fingerprint density at radius 3 is 3.00 bits per heavy atom. The number of hydrogen-bond donors (Lipinski definition) is 2. The quantitative estimate of drug-likeness (QED) is 0.409. The Bertz CT molecular complexity index is 1060. The number of carbonyl (C=O) groups is 1. The van der Waals surface area contributed by atoms with Crippen molar-refractivity contribution in [3.8, 4) is 5.75 Å². The minimum absolute atomic E-state index is 0.138. The molecule has 3 heterocycles. The van der Waals surface area contributed by atoms with E-state index in [1.807, 2.05) is 35.8 Å². The van der Waals surface area contributed by atoms with Gasteiger partial charge in [0, 0.05) is 48.0 Å². The van der Waals surface area contributed by atoms with Crippen LogP contribution in [0.1, 0.15) is 30.9 Å².